The zero-order chi connectivity index (χ0) is 54.0. The van der Waals surface area contributed by atoms with Crippen LogP contribution in [0.15, 0.2) is 24.3 Å². The zero-order valence-electron chi connectivity index (χ0n) is 46.3. The van der Waals surface area contributed by atoms with Crippen molar-refractivity contribution in [1.29, 1.82) is 0 Å². The number of hydrogen-bond donors (Lipinski definition) is 3. The summed E-state index contributed by atoms with van der Waals surface area (Å²) in [5, 5.41) is 21.1. The topological polar surface area (TPSA) is 231 Å². The third-order valence-corrected chi connectivity index (χ3v) is 21.5. The van der Waals surface area contributed by atoms with Gasteiger partial charge in [0.2, 0.25) is 0 Å². The van der Waals surface area contributed by atoms with Crippen molar-refractivity contribution in [1.82, 2.24) is 0 Å². The Morgan fingerprint density at radius 1 is 0.532 bits per heavy atom. The van der Waals surface area contributed by atoms with Crippen molar-refractivity contribution >= 4 is 5.97 Å². The molecule has 0 saturated carbocycles. The lowest BCUT2D eigenvalue weighted by Gasteiger charge is -2.50. The molecule has 32 atom stereocenters. The minimum absolute atomic E-state index is 0.00483. The van der Waals surface area contributed by atoms with Crippen LogP contribution in [-0.4, -0.2) is 193 Å². The standard InChI is InChI=1S/C59H85NO19/c1-25-13-32-7-9-36-26(2)14-34(64-36)11-12-57-21-42-51(77-57)52-53(69-42)54(78-57)50-37(67-52)10-8-33(66-50)16-45(63)72-48-30(6)49-56(71-40(48)17-38(65-32)29(25)5)73-55-44(70-49)23-59(79-55)22-43-47(76-59)28(4)20-58(75-43)19-27(3)46-41(74-58)18-39(68-46)35(62)15-31(61)24-60/h25,27-28,30-44,46-56,61-62H,2,5,7-24,60H2,1,3-4,6H3. The minimum atomic E-state index is -1.04. The Labute approximate surface area is 462 Å². The number of carbonyl (C=O) groups is 1. The summed E-state index contributed by atoms with van der Waals surface area (Å²) in [7, 11) is 0. The number of carbonyl (C=O) groups excluding carboxylic acids is 1. The van der Waals surface area contributed by atoms with E-state index in [0.29, 0.717) is 64.2 Å². The molecule has 4 N–H and O–H groups in total. The van der Waals surface area contributed by atoms with E-state index in [4.69, 9.17) is 81.5 Å². The van der Waals surface area contributed by atoms with Crippen molar-refractivity contribution in [2.45, 2.75) is 307 Å². The van der Waals surface area contributed by atoms with E-state index < -0.39 is 91.0 Å². The largest absolute Gasteiger partial charge is 0.459 e. The van der Waals surface area contributed by atoms with Crippen LogP contribution in [0, 0.1) is 23.7 Å². The molecule has 3 spiro atoms. The van der Waals surface area contributed by atoms with E-state index >= 15 is 0 Å². The lowest BCUT2D eigenvalue weighted by molar-refractivity contribution is -0.392. The van der Waals surface area contributed by atoms with Crippen LogP contribution in [0.4, 0.5) is 0 Å². The summed E-state index contributed by atoms with van der Waals surface area (Å²) in [6, 6.07) is 0. The highest BCUT2D eigenvalue weighted by Gasteiger charge is 2.70. The lowest BCUT2D eigenvalue weighted by Crippen LogP contribution is -2.62. The molecule has 0 aromatic carbocycles. The fourth-order valence-corrected chi connectivity index (χ4v) is 17.6. The highest BCUT2D eigenvalue weighted by Crippen LogP contribution is 2.57. The number of aliphatic hydroxyl groups is 2. The first-order chi connectivity index (χ1) is 38.0. The second-order valence-corrected chi connectivity index (χ2v) is 27.2. The highest BCUT2D eigenvalue weighted by molar-refractivity contribution is 5.70. The number of fused-ring (bicyclic) bond motifs is 10. The number of aliphatic hydroxyl groups excluding tert-OH is 2. The van der Waals surface area contributed by atoms with Gasteiger partial charge >= 0.3 is 5.97 Å². The Balaban J connectivity index is 0.655. The molecule has 0 aromatic rings. The van der Waals surface area contributed by atoms with Gasteiger partial charge in [-0.3, -0.25) is 4.79 Å². The predicted molar refractivity (Wildman–Crippen MR) is 272 cm³/mol. The van der Waals surface area contributed by atoms with E-state index in [0.717, 1.165) is 43.3 Å². The summed E-state index contributed by atoms with van der Waals surface area (Å²) in [6.45, 7) is 17.7. The third-order valence-electron chi connectivity index (χ3n) is 21.5. The van der Waals surface area contributed by atoms with E-state index in [9.17, 15) is 15.0 Å². The zero-order valence-corrected chi connectivity index (χ0v) is 46.3. The monoisotopic (exact) mass is 1110 g/mol. The van der Waals surface area contributed by atoms with Crippen LogP contribution < -0.4 is 5.73 Å². The summed E-state index contributed by atoms with van der Waals surface area (Å²) in [6.07, 6.45) is -0.242. The molecule has 16 aliphatic heterocycles. The smallest absolute Gasteiger partial charge is 0.308 e. The molecule has 16 aliphatic rings. The first-order valence-corrected chi connectivity index (χ1v) is 30.6. The van der Waals surface area contributed by atoms with Gasteiger partial charge in [-0.2, -0.15) is 0 Å². The number of ether oxygens (including phenoxy) is 16. The van der Waals surface area contributed by atoms with Gasteiger partial charge in [0, 0.05) is 70.3 Å². The molecule has 16 rings (SSSR count). The van der Waals surface area contributed by atoms with Crippen LogP contribution in [0.2, 0.25) is 0 Å². The maximum atomic E-state index is 14.5. The van der Waals surface area contributed by atoms with Crippen LogP contribution in [0.3, 0.4) is 0 Å². The van der Waals surface area contributed by atoms with Crippen LogP contribution >= 0.6 is 0 Å². The van der Waals surface area contributed by atoms with E-state index in [-0.39, 0.29) is 128 Å². The lowest BCUT2D eigenvalue weighted by atomic mass is 9.80. The molecule has 0 radical (unpaired) electrons. The van der Waals surface area contributed by atoms with Gasteiger partial charge in [0.1, 0.15) is 54.9 Å². The molecule has 440 valence electrons. The summed E-state index contributed by atoms with van der Waals surface area (Å²) < 4.78 is 110. The number of rotatable bonds is 4. The van der Waals surface area contributed by atoms with Gasteiger partial charge in [-0.05, 0) is 73.8 Å². The van der Waals surface area contributed by atoms with Crippen molar-refractivity contribution in [2.24, 2.45) is 29.4 Å². The Kier molecular flexibility index (Phi) is 13.8. The van der Waals surface area contributed by atoms with Gasteiger partial charge in [0.05, 0.1) is 91.9 Å². The van der Waals surface area contributed by atoms with E-state index in [1.165, 1.54) is 0 Å². The highest BCUT2D eigenvalue weighted by atomic mass is 16.9. The van der Waals surface area contributed by atoms with Gasteiger partial charge in [-0.1, -0.05) is 40.9 Å². The van der Waals surface area contributed by atoms with Gasteiger partial charge in [-0.15, -0.1) is 0 Å². The molecule has 16 fully saturated rings. The molecule has 79 heavy (non-hydrogen) atoms. The summed E-state index contributed by atoms with van der Waals surface area (Å²) in [4.78, 5) is 14.5. The normalized spacial score (nSPS) is 57.2. The quantitative estimate of drug-likeness (QED) is 0.261. The van der Waals surface area contributed by atoms with E-state index in [2.05, 4.69) is 40.9 Å². The van der Waals surface area contributed by atoms with Gasteiger partial charge in [-0.25, -0.2) is 0 Å². The van der Waals surface area contributed by atoms with Gasteiger partial charge < -0.3 is 91.7 Å². The van der Waals surface area contributed by atoms with Gasteiger partial charge in [0.25, 0.3) is 0 Å². The third kappa shape index (κ3) is 9.41. The number of esters is 1. The Morgan fingerprint density at radius 3 is 2.08 bits per heavy atom. The Hall–Kier alpha value is -1.77. The fraction of sp³-hybridized carbons (Fsp3) is 0.915. The molecule has 0 aliphatic carbocycles. The van der Waals surface area contributed by atoms with Crippen molar-refractivity contribution < 1.29 is 90.8 Å². The van der Waals surface area contributed by atoms with Crippen LogP contribution in [0.5, 0.6) is 0 Å². The van der Waals surface area contributed by atoms with Crippen molar-refractivity contribution in [2.75, 3.05) is 6.54 Å². The SMILES string of the molecule is C=C1CC2CCC34CC5OC6C(OC7CCC(CC(=O)OC8C(CC9OC(CCC1O2)CC(C)C9=C)OC1OC2OC9(CC2OC1C8C)CC1OC2(CC(C)C8OC(C(O)CC(O)CN)CC8O2)CC(C)C1O9)OC7C6O3)C5O4. The van der Waals surface area contributed by atoms with Crippen molar-refractivity contribution in [3.63, 3.8) is 0 Å². The van der Waals surface area contributed by atoms with Crippen molar-refractivity contribution in [3.8, 4) is 0 Å². The maximum absolute atomic E-state index is 14.5. The van der Waals surface area contributed by atoms with Crippen LogP contribution in [0.1, 0.15) is 137 Å². The van der Waals surface area contributed by atoms with E-state index in [1.807, 2.05) is 0 Å². The average molecular weight is 1110 g/mol. The van der Waals surface area contributed by atoms with Gasteiger partial charge in [0.15, 0.2) is 29.9 Å². The molecule has 16 heterocycles. The molecular weight excluding hydrogens is 1030 g/mol. The molecule has 0 aromatic heterocycles. The molecule has 20 nitrogen and oxygen atoms in total. The molecule has 32 unspecified atom stereocenters. The summed E-state index contributed by atoms with van der Waals surface area (Å²) >= 11 is 0. The maximum Gasteiger partial charge on any atom is 0.308 e. The summed E-state index contributed by atoms with van der Waals surface area (Å²) in [5.74, 6) is -3.11. The first-order valence-electron chi connectivity index (χ1n) is 30.6. The minimum Gasteiger partial charge on any atom is -0.459 e. The van der Waals surface area contributed by atoms with Crippen molar-refractivity contribution in [3.05, 3.63) is 24.3 Å². The Bertz CT molecular complexity index is 2350. The second-order valence-electron chi connectivity index (χ2n) is 27.2. The van der Waals surface area contributed by atoms with Crippen LogP contribution in [0.25, 0.3) is 0 Å². The molecule has 12 bridgehead atoms. The Morgan fingerprint density at radius 2 is 1.23 bits per heavy atom. The molecule has 16 saturated heterocycles. The summed E-state index contributed by atoms with van der Waals surface area (Å²) in [5.41, 5.74) is 7.75. The number of hydrogen-bond acceptors (Lipinski definition) is 20. The molecule has 20 heteroatoms. The predicted octanol–water partition coefficient (Wildman–Crippen LogP) is 4.43. The number of nitrogens with two attached hydrogens (primary N) is 1. The fourth-order valence-electron chi connectivity index (χ4n) is 17.6. The molecular formula is C59H85NO19. The molecule has 0 amide bonds. The first kappa shape index (κ1) is 53.9. The van der Waals surface area contributed by atoms with Crippen LogP contribution in [-0.2, 0) is 80.6 Å². The average Bonchev–Trinajstić information content (AvgIpc) is 4.40. The second kappa shape index (κ2) is 20.2. The van der Waals surface area contributed by atoms with E-state index in [1.54, 1.807) is 0 Å².